The molecule has 0 heterocycles. The van der Waals surface area contributed by atoms with Crippen LogP contribution in [0.1, 0.15) is 124 Å². The highest BCUT2D eigenvalue weighted by molar-refractivity contribution is 4.50. The van der Waals surface area contributed by atoms with Gasteiger partial charge in [-0.1, -0.05) is 97.8 Å². The van der Waals surface area contributed by atoms with Crippen molar-refractivity contribution in [2.75, 3.05) is 19.8 Å². The molecule has 0 aromatic heterocycles. The lowest BCUT2D eigenvalue weighted by Gasteiger charge is -2.18. The zero-order valence-corrected chi connectivity index (χ0v) is 18.0. The summed E-state index contributed by atoms with van der Waals surface area (Å²) in [5.41, 5.74) is 0. The van der Waals surface area contributed by atoms with E-state index in [0.717, 1.165) is 0 Å². The average molecular weight is 363 g/mol. The lowest BCUT2D eigenvalue weighted by Crippen LogP contribution is -3.00. The standard InChI is InChI=1S/C22H47O.ClH/c1-4-7-8-9-10-11-12-13-14-15-16-17-18-19-22-23(20-5-2)21-6-3;/h4-22H2,1-3H3;1H/q+1;/p-1. The van der Waals surface area contributed by atoms with E-state index in [4.69, 9.17) is 0 Å². The second kappa shape index (κ2) is 23.2. The van der Waals surface area contributed by atoms with Crippen LogP contribution in [0, 0.1) is 0 Å². The summed E-state index contributed by atoms with van der Waals surface area (Å²) in [6, 6.07) is 0. The third-order valence-electron chi connectivity index (χ3n) is 4.77. The summed E-state index contributed by atoms with van der Waals surface area (Å²) in [6.45, 7) is 10.5. The Balaban J connectivity index is 0. The molecule has 0 unspecified atom stereocenters. The van der Waals surface area contributed by atoms with E-state index in [0.29, 0.717) is 0 Å². The third-order valence-corrected chi connectivity index (χ3v) is 4.77. The molecule has 2 heteroatoms. The number of hydrogen-bond acceptors (Lipinski definition) is 0. The van der Waals surface area contributed by atoms with E-state index in [1.54, 1.807) is 0 Å². The van der Waals surface area contributed by atoms with Gasteiger partial charge in [-0.2, -0.15) is 0 Å². The van der Waals surface area contributed by atoms with Crippen molar-refractivity contribution in [1.29, 1.82) is 0 Å². The second-order valence-electron chi connectivity index (χ2n) is 7.32. The van der Waals surface area contributed by atoms with Crippen LogP contribution in [0.5, 0.6) is 0 Å². The van der Waals surface area contributed by atoms with Gasteiger partial charge in [-0.15, -0.1) is 0 Å². The largest absolute Gasteiger partial charge is 1.00 e. The molecular weight excluding hydrogens is 316 g/mol. The first-order valence-corrected chi connectivity index (χ1v) is 11.0. The normalized spacial score (nSPS) is 11.0. The molecule has 1 nitrogen and oxygen atoms in total. The van der Waals surface area contributed by atoms with Gasteiger partial charge in [-0.3, -0.25) is 0 Å². The highest BCUT2D eigenvalue weighted by atomic mass is 35.5. The molecule has 24 heavy (non-hydrogen) atoms. The minimum absolute atomic E-state index is 0. The Morgan fingerprint density at radius 1 is 0.375 bits per heavy atom. The first-order chi connectivity index (χ1) is 11.3. The topological polar surface area (TPSA) is 2.70 Å². The van der Waals surface area contributed by atoms with Gasteiger partial charge in [-0.25, -0.2) is 0 Å². The Bertz CT molecular complexity index is 202. The predicted octanol–water partition coefficient (Wildman–Crippen LogP) is 4.84. The second-order valence-corrected chi connectivity index (χ2v) is 7.32. The van der Waals surface area contributed by atoms with Crippen molar-refractivity contribution < 1.29 is 16.8 Å². The summed E-state index contributed by atoms with van der Waals surface area (Å²) < 4.78 is 3.46. The zero-order valence-electron chi connectivity index (χ0n) is 17.2. The van der Waals surface area contributed by atoms with Crippen LogP contribution in [-0.2, 0) is 4.37 Å². The molecule has 0 aliphatic rings. The Labute approximate surface area is 160 Å². The van der Waals surface area contributed by atoms with Gasteiger partial charge < -0.3 is 16.8 Å². The molecule has 148 valence electrons. The van der Waals surface area contributed by atoms with Crippen LogP contribution in [0.15, 0.2) is 0 Å². The lowest BCUT2D eigenvalue weighted by atomic mass is 10.0. The minimum atomic E-state index is 0. The molecule has 0 bridgehead atoms. The van der Waals surface area contributed by atoms with Crippen LogP contribution in [0.2, 0.25) is 0 Å². The van der Waals surface area contributed by atoms with Crippen molar-refractivity contribution in [2.45, 2.75) is 124 Å². The molecule has 0 aromatic rings. The maximum absolute atomic E-state index is 3.46. The van der Waals surface area contributed by atoms with E-state index >= 15 is 0 Å². The highest BCUT2D eigenvalue weighted by Crippen LogP contribution is 2.13. The van der Waals surface area contributed by atoms with Crippen molar-refractivity contribution >= 4 is 0 Å². The van der Waals surface area contributed by atoms with E-state index in [9.17, 15) is 0 Å². The monoisotopic (exact) mass is 362 g/mol. The van der Waals surface area contributed by atoms with Gasteiger partial charge in [0.05, 0.1) is 0 Å². The quantitative estimate of drug-likeness (QED) is 0.228. The van der Waals surface area contributed by atoms with Gasteiger partial charge >= 0.3 is 0 Å². The molecule has 0 saturated heterocycles. The van der Waals surface area contributed by atoms with Gasteiger partial charge in [0.15, 0.2) is 0 Å². The molecule has 0 atom stereocenters. The highest BCUT2D eigenvalue weighted by Gasteiger charge is 2.06. The molecule has 0 radical (unpaired) electrons. The summed E-state index contributed by atoms with van der Waals surface area (Å²) in [4.78, 5) is 0. The van der Waals surface area contributed by atoms with Crippen LogP contribution in [0.4, 0.5) is 0 Å². The Hall–Kier alpha value is 0.250. The van der Waals surface area contributed by atoms with Crippen molar-refractivity contribution in [3.63, 3.8) is 0 Å². The van der Waals surface area contributed by atoms with Crippen LogP contribution in [-0.4, -0.2) is 19.8 Å². The molecule has 0 aliphatic heterocycles. The first kappa shape index (κ1) is 26.5. The van der Waals surface area contributed by atoms with Crippen molar-refractivity contribution in [2.24, 2.45) is 0 Å². The maximum atomic E-state index is 3.46. The van der Waals surface area contributed by atoms with Crippen LogP contribution in [0.3, 0.4) is 0 Å². The number of halogens is 1. The Morgan fingerprint density at radius 3 is 1.04 bits per heavy atom. The molecule has 0 aliphatic carbocycles. The average Bonchev–Trinajstić information content (AvgIpc) is 2.55. The summed E-state index contributed by atoms with van der Waals surface area (Å²) in [5, 5.41) is 0. The summed E-state index contributed by atoms with van der Waals surface area (Å²) in [6.07, 6.45) is 22.8. The zero-order chi connectivity index (χ0) is 17.0. The summed E-state index contributed by atoms with van der Waals surface area (Å²) >= 11 is 0. The summed E-state index contributed by atoms with van der Waals surface area (Å²) in [7, 11) is 0. The van der Waals surface area contributed by atoms with Crippen molar-refractivity contribution in [3.05, 3.63) is 0 Å². The van der Waals surface area contributed by atoms with Crippen LogP contribution >= 0.6 is 0 Å². The molecule has 0 fully saturated rings. The number of unbranched alkanes of at least 4 members (excludes halogenated alkanes) is 13. The van der Waals surface area contributed by atoms with E-state index in [-0.39, 0.29) is 12.4 Å². The van der Waals surface area contributed by atoms with Gasteiger partial charge in [0.1, 0.15) is 19.8 Å². The lowest BCUT2D eigenvalue weighted by molar-refractivity contribution is -0.140. The van der Waals surface area contributed by atoms with Gasteiger partial charge in [0, 0.05) is 19.3 Å². The maximum Gasteiger partial charge on any atom is 0.145 e. The molecule has 0 amide bonds. The van der Waals surface area contributed by atoms with E-state index in [1.165, 1.54) is 123 Å². The van der Waals surface area contributed by atoms with Gasteiger partial charge in [0.2, 0.25) is 0 Å². The molecular formula is C22H47ClO. The first-order valence-electron chi connectivity index (χ1n) is 11.0. The molecule has 0 spiro atoms. The molecule has 0 aromatic carbocycles. The fourth-order valence-corrected chi connectivity index (χ4v) is 3.38. The number of hydrogen-bond donors (Lipinski definition) is 0. The van der Waals surface area contributed by atoms with E-state index in [1.807, 2.05) is 0 Å². The van der Waals surface area contributed by atoms with E-state index in [2.05, 4.69) is 25.1 Å². The van der Waals surface area contributed by atoms with Crippen molar-refractivity contribution in [3.8, 4) is 0 Å². The fourth-order valence-electron chi connectivity index (χ4n) is 3.38. The molecule has 0 saturated carbocycles. The summed E-state index contributed by atoms with van der Waals surface area (Å²) in [5.74, 6) is 0. The molecule has 0 rings (SSSR count). The number of rotatable bonds is 19. The Morgan fingerprint density at radius 2 is 0.708 bits per heavy atom. The van der Waals surface area contributed by atoms with Gasteiger partial charge in [0.25, 0.3) is 0 Å². The SMILES string of the molecule is CCCCCCCCCCCCCCCC[O+](CCC)CCC.[Cl-]. The van der Waals surface area contributed by atoms with Crippen LogP contribution < -0.4 is 12.4 Å². The minimum Gasteiger partial charge on any atom is -1.00 e. The predicted molar refractivity (Wildman–Crippen MR) is 107 cm³/mol. The molecule has 0 N–H and O–H groups in total. The smallest absolute Gasteiger partial charge is 0.145 e. The fraction of sp³-hybridized carbons (Fsp3) is 1.00. The Kier molecular flexibility index (Phi) is 25.7. The third kappa shape index (κ3) is 20.3. The van der Waals surface area contributed by atoms with E-state index < -0.39 is 0 Å². The van der Waals surface area contributed by atoms with Crippen LogP contribution in [0.25, 0.3) is 0 Å². The van der Waals surface area contributed by atoms with Gasteiger partial charge in [-0.05, 0) is 6.42 Å². The van der Waals surface area contributed by atoms with Crippen molar-refractivity contribution in [1.82, 2.24) is 0 Å².